The van der Waals surface area contributed by atoms with Gasteiger partial charge in [0.1, 0.15) is 30.2 Å². The van der Waals surface area contributed by atoms with Crippen LogP contribution in [-0.4, -0.2) is 37.8 Å². The number of aliphatic carboxylic acids is 1. The quantitative estimate of drug-likeness (QED) is 0.257. The van der Waals surface area contributed by atoms with E-state index < -0.39 is 18.4 Å². The lowest BCUT2D eigenvalue weighted by Gasteiger charge is -2.20. The van der Waals surface area contributed by atoms with Crippen molar-refractivity contribution in [3.63, 3.8) is 0 Å². The first-order valence-corrected chi connectivity index (χ1v) is 12.3. The number of carbonyl (C=O) groups is 2. The van der Waals surface area contributed by atoms with Gasteiger partial charge in [0.2, 0.25) is 0 Å². The van der Waals surface area contributed by atoms with Gasteiger partial charge < -0.3 is 19.1 Å². The van der Waals surface area contributed by atoms with Crippen LogP contribution in [0.3, 0.4) is 0 Å². The first-order valence-electron chi connectivity index (χ1n) is 12.0. The molecule has 0 saturated carbocycles. The molecule has 0 unspecified atom stereocenters. The average Bonchev–Trinajstić information content (AvgIpc) is 3.36. The molecule has 7 nitrogen and oxygen atoms in total. The lowest BCUT2D eigenvalue weighted by Crippen LogP contribution is -2.35. The third-order valence-corrected chi connectivity index (χ3v) is 6.26. The Balaban J connectivity index is 1.31. The third kappa shape index (κ3) is 6.02. The number of benzene rings is 3. The Morgan fingerprint density at radius 1 is 0.842 bits per heavy atom. The Labute approximate surface area is 224 Å². The molecule has 0 aliphatic carbocycles. The molecule has 0 radical (unpaired) electrons. The van der Waals surface area contributed by atoms with E-state index in [9.17, 15) is 14.7 Å². The maximum atomic E-state index is 13.3. The van der Waals surface area contributed by atoms with Crippen molar-refractivity contribution in [1.29, 1.82) is 0 Å². The number of carboxylic acid groups (broad SMARTS) is 1. The van der Waals surface area contributed by atoms with Crippen LogP contribution in [0.4, 0.5) is 0 Å². The maximum absolute atomic E-state index is 13.3. The Bertz CT molecular complexity index is 1570. The van der Waals surface area contributed by atoms with Crippen molar-refractivity contribution >= 4 is 29.1 Å². The molecule has 1 N–H and O–H groups in total. The molecule has 0 aliphatic heterocycles. The molecular formula is C30H24ClN3O4. The first-order chi connectivity index (χ1) is 18.4. The molecule has 190 valence electrons. The van der Waals surface area contributed by atoms with Crippen LogP contribution in [0.25, 0.3) is 16.8 Å². The van der Waals surface area contributed by atoms with Crippen LogP contribution in [-0.2, 0) is 17.9 Å². The highest BCUT2D eigenvalue weighted by Crippen LogP contribution is 2.23. The van der Waals surface area contributed by atoms with Crippen LogP contribution in [0.15, 0.2) is 103 Å². The van der Waals surface area contributed by atoms with Crippen LogP contribution in [0, 0.1) is 0 Å². The molecule has 38 heavy (non-hydrogen) atoms. The lowest BCUT2D eigenvalue weighted by molar-refractivity contribution is -0.137. The van der Waals surface area contributed by atoms with E-state index in [1.165, 1.54) is 4.90 Å². The summed E-state index contributed by atoms with van der Waals surface area (Å²) >= 11 is 6.00. The number of rotatable bonds is 9. The Morgan fingerprint density at radius 3 is 2.26 bits per heavy atom. The zero-order valence-electron chi connectivity index (χ0n) is 20.3. The summed E-state index contributed by atoms with van der Waals surface area (Å²) in [5, 5.41) is 10.1. The SMILES string of the molecule is O=C(O)CN(Cc1ccc(OCc2ccccc2)cc1)C(=O)c1cn2cc(-c3ccc(Cl)cc3)ccc2n1. The molecule has 0 fully saturated rings. The number of fused-ring (bicyclic) bond motifs is 1. The van der Waals surface area contributed by atoms with E-state index in [-0.39, 0.29) is 12.2 Å². The van der Waals surface area contributed by atoms with Crippen molar-refractivity contribution in [2.24, 2.45) is 0 Å². The molecular weight excluding hydrogens is 502 g/mol. The molecule has 0 saturated heterocycles. The summed E-state index contributed by atoms with van der Waals surface area (Å²) < 4.78 is 7.58. The molecule has 0 bridgehead atoms. The molecule has 0 aliphatic rings. The van der Waals surface area contributed by atoms with Gasteiger partial charge in [0.15, 0.2) is 0 Å². The van der Waals surface area contributed by atoms with E-state index >= 15 is 0 Å². The van der Waals surface area contributed by atoms with E-state index in [0.717, 1.165) is 22.3 Å². The minimum absolute atomic E-state index is 0.119. The Kier molecular flexibility index (Phi) is 7.38. The molecule has 5 rings (SSSR count). The average molecular weight is 526 g/mol. The minimum atomic E-state index is -1.10. The number of aromatic nitrogens is 2. The normalized spacial score (nSPS) is 10.9. The zero-order chi connectivity index (χ0) is 26.5. The monoisotopic (exact) mass is 525 g/mol. The zero-order valence-corrected chi connectivity index (χ0v) is 21.1. The Morgan fingerprint density at radius 2 is 1.55 bits per heavy atom. The molecule has 8 heteroatoms. The van der Waals surface area contributed by atoms with Gasteiger partial charge >= 0.3 is 5.97 Å². The number of amides is 1. The van der Waals surface area contributed by atoms with Crippen LogP contribution in [0.2, 0.25) is 5.02 Å². The smallest absolute Gasteiger partial charge is 0.323 e. The number of hydrogen-bond donors (Lipinski definition) is 1. The van der Waals surface area contributed by atoms with Gasteiger partial charge in [0, 0.05) is 24.0 Å². The summed E-state index contributed by atoms with van der Waals surface area (Å²) in [6, 6.07) is 28.3. The second-order valence-corrected chi connectivity index (χ2v) is 9.23. The summed E-state index contributed by atoms with van der Waals surface area (Å²) in [5.74, 6) is -0.881. The fourth-order valence-electron chi connectivity index (χ4n) is 4.09. The van der Waals surface area contributed by atoms with Crippen molar-refractivity contribution in [2.45, 2.75) is 13.2 Å². The van der Waals surface area contributed by atoms with Crippen LogP contribution < -0.4 is 4.74 Å². The molecule has 5 aromatic rings. The molecule has 3 aromatic carbocycles. The second kappa shape index (κ2) is 11.2. The summed E-state index contributed by atoms with van der Waals surface area (Å²) in [4.78, 5) is 30.6. The van der Waals surface area contributed by atoms with Gasteiger partial charge in [-0.2, -0.15) is 0 Å². The molecule has 1 amide bonds. The van der Waals surface area contributed by atoms with Crippen molar-refractivity contribution in [3.05, 3.63) is 125 Å². The number of carbonyl (C=O) groups excluding carboxylic acids is 1. The maximum Gasteiger partial charge on any atom is 0.323 e. The van der Waals surface area contributed by atoms with E-state index in [1.54, 1.807) is 10.6 Å². The van der Waals surface area contributed by atoms with Crippen molar-refractivity contribution in [2.75, 3.05) is 6.54 Å². The lowest BCUT2D eigenvalue weighted by atomic mass is 10.1. The highest BCUT2D eigenvalue weighted by Gasteiger charge is 2.22. The van der Waals surface area contributed by atoms with Gasteiger partial charge in [0.25, 0.3) is 5.91 Å². The summed E-state index contributed by atoms with van der Waals surface area (Å²) in [5.41, 5.74) is 4.50. The van der Waals surface area contributed by atoms with Gasteiger partial charge in [0.05, 0.1) is 0 Å². The van der Waals surface area contributed by atoms with Crippen LogP contribution in [0.5, 0.6) is 5.75 Å². The van der Waals surface area contributed by atoms with Gasteiger partial charge in [-0.1, -0.05) is 66.2 Å². The van der Waals surface area contributed by atoms with Gasteiger partial charge in [-0.3, -0.25) is 9.59 Å². The minimum Gasteiger partial charge on any atom is -0.489 e. The number of carboxylic acids is 1. The fourth-order valence-corrected chi connectivity index (χ4v) is 4.21. The van der Waals surface area contributed by atoms with Crippen LogP contribution in [0.1, 0.15) is 21.6 Å². The summed E-state index contributed by atoms with van der Waals surface area (Å²) in [6.45, 7) is 0.112. The largest absolute Gasteiger partial charge is 0.489 e. The standard InChI is InChI=1S/C30H24ClN3O4/c31-25-11-8-23(9-12-25)24-10-15-28-32-27(18-33(28)17-24)30(37)34(19-29(35)36)16-21-6-13-26(14-7-21)38-20-22-4-2-1-3-5-22/h1-15,17-18H,16,19-20H2,(H,35,36). The molecule has 0 atom stereocenters. The van der Waals surface area contributed by atoms with E-state index in [2.05, 4.69) is 4.98 Å². The van der Waals surface area contributed by atoms with Gasteiger partial charge in [-0.25, -0.2) is 4.98 Å². The van der Waals surface area contributed by atoms with E-state index in [4.69, 9.17) is 16.3 Å². The third-order valence-electron chi connectivity index (χ3n) is 6.01. The highest BCUT2D eigenvalue weighted by atomic mass is 35.5. The van der Waals surface area contributed by atoms with E-state index in [1.807, 2.05) is 97.2 Å². The summed E-state index contributed by atoms with van der Waals surface area (Å²) in [7, 11) is 0. The van der Waals surface area contributed by atoms with Gasteiger partial charge in [-0.05, 0) is 58.7 Å². The topological polar surface area (TPSA) is 84.1 Å². The van der Waals surface area contributed by atoms with Crippen molar-refractivity contribution in [1.82, 2.24) is 14.3 Å². The van der Waals surface area contributed by atoms with Crippen LogP contribution >= 0.6 is 11.6 Å². The van der Waals surface area contributed by atoms with Gasteiger partial charge in [-0.15, -0.1) is 0 Å². The molecule has 2 heterocycles. The second-order valence-electron chi connectivity index (χ2n) is 8.79. The number of pyridine rings is 1. The van der Waals surface area contributed by atoms with Crippen molar-refractivity contribution in [3.8, 4) is 16.9 Å². The number of halogens is 1. The highest BCUT2D eigenvalue weighted by molar-refractivity contribution is 6.30. The molecule has 0 spiro atoms. The predicted octanol–water partition coefficient (Wildman–Crippen LogP) is 5.96. The fraction of sp³-hybridized carbons (Fsp3) is 0.100. The Hall–Kier alpha value is -4.62. The molecule has 2 aromatic heterocycles. The number of ether oxygens (including phenoxy) is 1. The van der Waals surface area contributed by atoms with E-state index in [0.29, 0.717) is 23.0 Å². The predicted molar refractivity (Wildman–Crippen MR) is 145 cm³/mol. The number of imidazole rings is 1. The number of nitrogens with zero attached hydrogens (tertiary/aromatic N) is 3. The number of hydrogen-bond acceptors (Lipinski definition) is 4. The first kappa shape index (κ1) is 25.0. The van der Waals surface area contributed by atoms with Crippen molar-refractivity contribution < 1.29 is 19.4 Å². The summed E-state index contributed by atoms with van der Waals surface area (Å²) in [6.07, 6.45) is 3.49.